The maximum absolute atomic E-state index is 13.5. The van der Waals surface area contributed by atoms with Crippen molar-refractivity contribution in [3.05, 3.63) is 59.4 Å². The minimum absolute atomic E-state index is 0.0849. The summed E-state index contributed by atoms with van der Waals surface area (Å²) in [5, 5.41) is 0. The highest BCUT2D eigenvalue weighted by molar-refractivity contribution is 5.71. The van der Waals surface area contributed by atoms with Crippen LogP contribution in [0.2, 0.25) is 0 Å². The molecule has 4 heteroatoms. The van der Waals surface area contributed by atoms with Crippen molar-refractivity contribution >= 4 is 5.97 Å². The summed E-state index contributed by atoms with van der Waals surface area (Å²) in [6.07, 6.45) is 0.914. The van der Waals surface area contributed by atoms with Gasteiger partial charge in [0, 0.05) is 12.0 Å². The number of carbonyl (C=O) groups excluding carboxylic acids is 1. The largest absolute Gasteiger partial charge is 0.466 e. The Balaban J connectivity index is 2.00. The Hall–Kier alpha value is -2.36. The summed E-state index contributed by atoms with van der Waals surface area (Å²) in [7, 11) is 0. The first-order chi connectivity index (χ1) is 10.7. The van der Waals surface area contributed by atoms with Gasteiger partial charge in [0.1, 0.15) is 17.3 Å². The molecule has 0 fully saturated rings. The molecule has 1 aliphatic heterocycles. The highest BCUT2D eigenvalue weighted by Crippen LogP contribution is 2.41. The second-order valence-electron chi connectivity index (χ2n) is 5.30. The van der Waals surface area contributed by atoms with Gasteiger partial charge in [0.25, 0.3) is 0 Å². The molecule has 0 bridgehead atoms. The van der Waals surface area contributed by atoms with E-state index < -0.39 is 0 Å². The molecule has 3 nitrogen and oxygen atoms in total. The van der Waals surface area contributed by atoms with Gasteiger partial charge >= 0.3 is 5.97 Å². The first kappa shape index (κ1) is 14.6. The zero-order valence-electron chi connectivity index (χ0n) is 12.3. The van der Waals surface area contributed by atoms with E-state index in [0.29, 0.717) is 24.5 Å². The molecule has 1 atom stereocenters. The Morgan fingerprint density at radius 1 is 1.27 bits per heavy atom. The van der Waals surface area contributed by atoms with E-state index in [1.807, 2.05) is 24.3 Å². The van der Waals surface area contributed by atoms with E-state index in [2.05, 4.69) is 0 Å². The van der Waals surface area contributed by atoms with Crippen LogP contribution in [0.1, 0.15) is 30.4 Å². The fraction of sp³-hybridized carbons (Fsp3) is 0.278. The summed E-state index contributed by atoms with van der Waals surface area (Å²) < 4.78 is 24.5. The van der Waals surface area contributed by atoms with Gasteiger partial charge in [0.15, 0.2) is 0 Å². The quantitative estimate of drug-likeness (QED) is 0.797. The third kappa shape index (κ3) is 2.96. The number of para-hydroxylation sites is 1. The Bertz CT molecular complexity index is 696. The third-order valence-electron chi connectivity index (χ3n) is 3.79. The van der Waals surface area contributed by atoms with Gasteiger partial charge in [-0.15, -0.1) is 0 Å². The lowest BCUT2D eigenvalue weighted by Crippen LogP contribution is -2.12. The summed E-state index contributed by atoms with van der Waals surface area (Å²) in [6.45, 7) is 2.14. The van der Waals surface area contributed by atoms with Crippen molar-refractivity contribution < 1.29 is 18.7 Å². The molecule has 114 valence electrons. The van der Waals surface area contributed by atoms with Gasteiger partial charge in [-0.3, -0.25) is 4.79 Å². The molecule has 2 aromatic rings. The van der Waals surface area contributed by atoms with Gasteiger partial charge < -0.3 is 9.47 Å². The summed E-state index contributed by atoms with van der Waals surface area (Å²) in [6, 6.07) is 12.1. The maximum Gasteiger partial charge on any atom is 0.306 e. The van der Waals surface area contributed by atoms with Crippen LogP contribution in [0.25, 0.3) is 0 Å². The van der Waals surface area contributed by atoms with Gasteiger partial charge in [-0.25, -0.2) is 4.39 Å². The van der Waals surface area contributed by atoms with E-state index >= 15 is 0 Å². The molecule has 0 saturated heterocycles. The molecule has 0 aromatic heterocycles. The number of rotatable bonds is 3. The molecule has 0 saturated carbocycles. The summed E-state index contributed by atoms with van der Waals surface area (Å²) in [5.41, 5.74) is 1.85. The van der Waals surface area contributed by atoms with Gasteiger partial charge in [0.05, 0.1) is 13.0 Å². The predicted molar refractivity (Wildman–Crippen MR) is 80.6 cm³/mol. The topological polar surface area (TPSA) is 35.5 Å². The SMILES string of the molecule is CCOC(=O)CC1Cc2ccccc2Oc2cc(F)ccc21. The number of carbonyl (C=O) groups is 1. The van der Waals surface area contributed by atoms with Crippen molar-refractivity contribution in [2.75, 3.05) is 6.61 Å². The molecule has 0 radical (unpaired) electrons. The molecule has 1 heterocycles. The van der Waals surface area contributed by atoms with Crippen LogP contribution in [0.15, 0.2) is 42.5 Å². The van der Waals surface area contributed by atoms with Crippen molar-refractivity contribution in [1.82, 2.24) is 0 Å². The van der Waals surface area contributed by atoms with E-state index in [9.17, 15) is 9.18 Å². The first-order valence-electron chi connectivity index (χ1n) is 7.38. The number of hydrogen-bond acceptors (Lipinski definition) is 3. The minimum atomic E-state index is -0.354. The summed E-state index contributed by atoms with van der Waals surface area (Å²) in [4.78, 5) is 11.9. The van der Waals surface area contributed by atoms with Crippen molar-refractivity contribution in [1.29, 1.82) is 0 Å². The lowest BCUT2D eigenvalue weighted by molar-refractivity contribution is -0.143. The number of ether oxygens (including phenoxy) is 2. The molecule has 0 amide bonds. The Labute approximate surface area is 128 Å². The van der Waals surface area contributed by atoms with Crippen molar-refractivity contribution in [2.45, 2.75) is 25.7 Å². The van der Waals surface area contributed by atoms with Crippen LogP contribution in [0, 0.1) is 5.82 Å². The van der Waals surface area contributed by atoms with Crippen LogP contribution in [-0.4, -0.2) is 12.6 Å². The van der Waals surface area contributed by atoms with Crippen molar-refractivity contribution in [2.24, 2.45) is 0 Å². The molecule has 0 N–H and O–H groups in total. The normalized spacial score (nSPS) is 16.0. The average molecular weight is 300 g/mol. The molecular formula is C18H17FO3. The summed E-state index contributed by atoms with van der Waals surface area (Å²) >= 11 is 0. The predicted octanol–water partition coefficient (Wildman–Crippen LogP) is 4.21. The van der Waals surface area contributed by atoms with E-state index in [0.717, 1.165) is 11.1 Å². The standard InChI is InChI=1S/C18H17FO3/c1-2-21-18(20)10-13-9-12-5-3-4-6-16(12)22-17-11-14(19)7-8-15(13)17/h3-8,11,13H,2,9-10H2,1H3. The van der Waals surface area contributed by atoms with Gasteiger partial charge in [-0.2, -0.15) is 0 Å². The molecule has 22 heavy (non-hydrogen) atoms. The Kier molecular flexibility index (Phi) is 4.09. The molecule has 0 spiro atoms. The zero-order chi connectivity index (χ0) is 15.5. The van der Waals surface area contributed by atoms with Gasteiger partial charge in [-0.1, -0.05) is 24.3 Å². The third-order valence-corrected chi connectivity index (χ3v) is 3.79. The lowest BCUT2D eigenvalue weighted by atomic mass is 9.89. The van der Waals surface area contributed by atoms with E-state index in [1.54, 1.807) is 13.0 Å². The fourth-order valence-electron chi connectivity index (χ4n) is 2.80. The molecule has 2 aromatic carbocycles. The number of halogens is 1. The molecule has 1 unspecified atom stereocenters. The van der Waals surface area contributed by atoms with E-state index in [1.165, 1.54) is 12.1 Å². The smallest absolute Gasteiger partial charge is 0.306 e. The summed E-state index contributed by atoms with van der Waals surface area (Å²) in [5.74, 6) is 0.494. The highest BCUT2D eigenvalue weighted by Gasteiger charge is 2.26. The van der Waals surface area contributed by atoms with E-state index in [-0.39, 0.29) is 24.1 Å². The first-order valence-corrected chi connectivity index (χ1v) is 7.38. The van der Waals surface area contributed by atoms with E-state index in [4.69, 9.17) is 9.47 Å². The average Bonchev–Trinajstić information content (AvgIpc) is 2.63. The van der Waals surface area contributed by atoms with Crippen LogP contribution in [0.4, 0.5) is 4.39 Å². The van der Waals surface area contributed by atoms with Crippen LogP contribution in [0.5, 0.6) is 11.5 Å². The van der Waals surface area contributed by atoms with Crippen LogP contribution < -0.4 is 4.74 Å². The van der Waals surface area contributed by atoms with Crippen LogP contribution >= 0.6 is 0 Å². The molecule has 0 aliphatic carbocycles. The van der Waals surface area contributed by atoms with Gasteiger partial charge in [-0.05, 0) is 36.6 Å². The minimum Gasteiger partial charge on any atom is -0.466 e. The molecular weight excluding hydrogens is 283 g/mol. The lowest BCUT2D eigenvalue weighted by Gasteiger charge is -2.15. The molecule has 1 aliphatic rings. The fourth-order valence-corrected chi connectivity index (χ4v) is 2.80. The zero-order valence-corrected chi connectivity index (χ0v) is 12.3. The highest BCUT2D eigenvalue weighted by atomic mass is 19.1. The number of esters is 1. The molecule has 3 rings (SSSR count). The van der Waals surface area contributed by atoms with Crippen LogP contribution in [0.3, 0.4) is 0 Å². The number of hydrogen-bond donors (Lipinski definition) is 0. The van der Waals surface area contributed by atoms with Crippen LogP contribution in [-0.2, 0) is 16.0 Å². The monoisotopic (exact) mass is 300 g/mol. The number of benzene rings is 2. The Morgan fingerprint density at radius 2 is 2.09 bits per heavy atom. The van der Waals surface area contributed by atoms with Gasteiger partial charge in [0.2, 0.25) is 0 Å². The number of fused-ring (bicyclic) bond motifs is 2. The van der Waals surface area contributed by atoms with Crippen molar-refractivity contribution in [3.63, 3.8) is 0 Å². The maximum atomic E-state index is 13.5. The van der Waals surface area contributed by atoms with Crippen molar-refractivity contribution in [3.8, 4) is 11.5 Å². The Morgan fingerprint density at radius 3 is 2.91 bits per heavy atom. The second kappa shape index (κ2) is 6.18. The second-order valence-corrected chi connectivity index (χ2v) is 5.30.